The fourth-order valence-electron chi connectivity index (χ4n) is 4.65. The first-order valence-electron chi connectivity index (χ1n) is 16.1. The van der Waals surface area contributed by atoms with Crippen molar-refractivity contribution in [1.82, 2.24) is 0 Å². The Bertz CT molecular complexity index is 940. The van der Waals surface area contributed by atoms with Crippen LogP contribution in [0.25, 0.3) is 0 Å². The van der Waals surface area contributed by atoms with E-state index in [4.69, 9.17) is 0 Å². The molecule has 0 bridgehead atoms. The van der Waals surface area contributed by atoms with E-state index in [-0.39, 0.29) is 36.9 Å². The molecule has 0 heterocycles. The SMILES string of the molecule is [CH2-]CCCCCC.[CH2-]CCCCCC.[Pt+2].c1ccc(P(CCP(c2ccccc2)c2ccccc2)c2ccccc2)cc1. The third-order valence-corrected chi connectivity index (χ3v) is 12.4. The van der Waals surface area contributed by atoms with E-state index in [2.05, 4.69) is 149 Å². The molecule has 0 aliphatic carbocycles. The van der Waals surface area contributed by atoms with Crippen LogP contribution in [-0.2, 0) is 21.1 Å². The molecule has 0 atom stereocenters. The second-order valence-electron chi connectivity index (χ2n) is 10.5. The van der Waals surface area contributed by atoms with Crippen molar-refractivity contribution < 1.29 is 21.1 Å². The van der Waals surface area contributed by atoms with Gasteiger partial charge in [-0.05, 0) is 49.4 Å². The van der Waals surface area contributed by atoms with Gasteiger partial charge in [0.15, 0.2) is 0 Å². The van der Waals surface area contributed by atoms with Gasteiger partial charge in [-0.15, -0.1) is 0 Å². The first kappa shape index (κ1) is 39.5. The van der Waals surface area contributed by atoms with Crippen LogP contribution in [0.2, 0.25) is 0 Å². The predicted molar refractivity (Wildman–Crippen MR) is 196 cm³/mol. The molecule has 0 fully saturated rings. The Kier molecular flexibility index (Phi) is 24.6. The third-order valence-electron chi connectivity index (χ3n) is 7.03. The van der Waals surface area contributed by atoms with Gasteiger partial charge in [-0.25, -0.2) is 0 Å². The molecule has 3 heteroatoms. The van der Waals surface area contributed by atoms with Crippen LogP contribution in [0, 0.1) is 13.8 Å². The molecule has 0 radical (unpaired) electrons. The molecule has 234 valence electrons. The van der Waals surface area contributed by atoms with Crippen molar-refractivity contribution in [1.29, 1.82) is 0 Å². The van der Waals surface area contributed by atoms with Crippen molar-refractivity contribution in [2.24, 2.45) is 0 Å². The van der Waals surface area contributed by atoms with Gasteiger partial charge >= 0.3 is 21.1 Å². The van der Waals surface area contributed by atoms with Crippen LogP contribution in [0.4, 0.5) is 0 Å². The van der Waals surface area contributed by atoms with Crippen LogP contribution in [0.3, 0.4) is 0 Å². The van der Waals surface area contributed by atoms with Gasteiger partial charge in [0, 0.05) is 0 Å². The minimum atomic E-state index is -0.348. The fourth-order valence-corrected chi connectivity index (χ4v) is 10.0. The van der Waals surface area contributed by atoms with Crippen molar-refractivity contribution >= 4 is 37.1 Å². The number of benzene rings is 4. The summed E-state index contributed by atoms with van der Waals surface area (Å²) in [6.45, 7) is 12.0. The van der Waals surface area contributed by atoms with Gasteiger partial charge < -0.3 is 13.8 Å². The van der Waals surface area contributed by atoms with Crippen LogP contribution in [0.1, 0.15) is 78.1 Å². The Balaban J connectivity index is 0.000000516. The quantitative estimate of drug-likeness (QED) is 0.0639. The van der Waals surface area contributed by atoms with Gasteiger partial charge in [0.2, 0.25) is 0 Å². The summed E-state index contributed by atoms with van der Waals surface area (Å²) >= 11 is 0. The van der Waals surface area contributed by atoms with Gasteiger partial charge in [-0.1, -0.05) is 187 Å². The Morgan fingerprint density at radius 2 is 0.651 bits per heavy atom. The zero-order chi connectivity index (χ0) is 30.1. The minimum Gasteiger partial charge on any atom is -0.343 e. The fraction of sp³-hybridized carbons (Fsp3) is 0.350. The van der Waals surface area contributed by atoms with Crippen molar-refractivity contribution in [2.45, 2.75) is 78.1 Å². The van der Waals surface area contributed by atoms with Crippen molar-refractivity contribution in [3.63, 3.8) is 0 Å². The molecular formula is C40H54P2Pt. The summed E-state index contributed by atoms with van der Waals surface area (Å²) in [5.41, 5.74) is 0. The van der Waals surface area contributed by atoms with Crippen molar-refractivity contribution in [3.05, 3.63) is 135 Å². The summed E-state index contributed by atoms with van der Waals surface area (Å²) in [5.74, 6) is 0. The van der Waals surface area contributed by atoms with Gasteiger partial charge in [-0.3, -0.25) is 0 Å². The summed E-state index contributed by atoms with van der Waals surface area (Å²) in [6, 6.07) is 44.2. The van der Waals surface area contributed by atoms with E-state index in [0.717, 1.165) is 12.8 Å². The monoisotopic (exact) mass is 791 g/mol. The van der Waals surface area contributed by atoms with Gasteiger partial charge in [0.1, 0.15) is 0 Å². The first-order valence-corrected chi connectivity index (χ1v) is 19.1. The van der Waals surface area contributed by atoms with E-state index >= 15 is 0 Å². The summed E-state index contributed by atoms with van der Waals surface area (Å²) in [5, 5.41) is 5.89. The molecule has 0 unspecified atom stereocenters. The Morgan fingerprint density at radius 3 is 0.860 bits per heavy atom. The van der Waals surface area contributed by atoms with Crippen LogP contribution in [0.15, 0.2) is 121 Å². The standard InChI is InChI=1S/C26H24P2.2C7H15.Pt/c1-5-13-23(14-6-1)27(24-15-7-2-8-16-24)21-22-28(25-17-9-3-10-18-25)26-19-11-4-12-20-26;2*1-3-5-7-6-4-2;/h1-20H,21-22H2;2*1,3-7H2,2H3;/q;2*-1;+2. The molecule has 0 nitrogen and oxygen atoms in total. The molecule has 0 aliphatic heterocycles. The Morgan fingerprint density at radius 1 is 0.395 bits per heavy atom. The maximum Gasteiger partial charge on any atom is 2.00 e. The molecule has 4 aromatic carbocycles. The van der Waals surface area contributed by atoms with Crippen LogP contribution < -0.4 is 21.2 Å². The summed E-state index contributed by atoms with van der Waals surface area (Å²) in [6.07, 6.45) is 15.4. The largest absolute Gasteiger partial charge is 2.00 e. The topological polar surface area (TPSA) is 0 Å². The molecular weight excluding hydrogens is 737 g/mol. The van der Waals surface area contributed by atoms with Crippen molar-refractivity contribution in [2.75, 3.05) is 12.3 Å². The van der Waals surface area contributed by atoms with E-state index < -0.39 is 0 Å². The smallest absolute Gasteiger partial charge is 0.343 e. The summed E-state index contributed by atoms with van der Waals surface area (Å²) in [4.78, 5) is 0. The predicted octanol–water partition coefficient (Wildman–Crippen LogP) is 10.8. The average Bonchev–Trinajstić information content (AvgIpc) is 3.06. The molecule has 43 heavy (non-hydrogen) atoms. The number of unbranched alkanes of at least 4 members (excludes halogenated alkanes) is 8. The Labute approximate surface area is 282 Å². The third kappa shape index (κ3) is 16.9. The molecule has 0 saturated heterocycles. The van der Waals surface area contributed by atoms with Crippen LogP contribution in [-0.4, -0.2) is 12.3 Å². The normalized spacial score (nSPS) is 10.3. The summed E-state index contributed by atoms with van der Waals surface area (Å²) in [7, 11) is -0.696. The molecule has 0 aromatic heterocycles. The molecule has 0 spiro atoms. The van der Waals surface area contributed by atoms with E-state index in [1.165, 1.54) is 84.9 Å². The summed E-state index contributed by atoms with van der Waals surface area (Å²) < 4.78 is 0. The molecule has 0 N–H and O–H groups in total. The first-order chi connectivity index (χ1) is 20.7. The van der Waals surface area contributed by atoms with Gasteiger partial charge in [-0.2, -0.15) is 12.8 Å². The van der Waals surface area contributed by atoms with Gasteiger partial charge in [0.25, 0.3) is 0 Å². The average molecular weight is 792 g/mol. The van der Waals surface area contributed by atoms with E-state index in [0.29, 0.717) is 0 Å². The zero-order valence-electron chi connectivity index (χ0n) is 26.7. The van der Waals surface area contributed by atoms with E-state index in [9.17, 15) is 0 Å². The number of hydrogen-bond donors (Lipinski definition) is 0. The minimum absolute atomic E-state index is 0. The maximum atomic E-state index is 3.76. The molecule has 4 aromatic rings. The van der Waals surface area contributed by atoms with Crippen molar-refractivity contribution in [3.8, 4) is 0 Å². The van der Waals surface area contributed by atoms with E-state index in [1.807, 2.05) is 0 Å². The zero-order valence-corrected chi connectivity index (χ0v) is 30.7. The van der Waals surface area contributed by atoms with Gasteiger partial charge in [0.05, 0.1) is 0 Å². The Hall–Kier alpha value is -1.57. The maximum absolute atomic E-state index is 3.76. The van der Waals surface area contributed by atoms with Crippen LogP contribution >= 0.6 is 15.8 Å². The number of hydrogen-bond acceptors (Lipinski definition) is 0. The molecule has 4 rings (SSSR count). The molecule has 0 aliphatic rings. The second kappa shape index (κ2) is 26.8. The molecule has 0 saturated carbocycles. The molecule has 0 amide bonds. The van der Waals surface area contributed by atoms with Crippen LogP contribution in [0.5, 0.6) is 0 Å². The second-order valence-corrected chi connectivity index (χ2v) is 15.1. The number of rotatable bonds is 15. The van der Waals surface area contributed by atoms with E-state index in [1.54, 1.807) is 0 Å².